The quantitative estimate of drug-likeness (QED) is 0.889. The van der Waals surface area contributed by atoms with Crippen LogP contribution < -0.4 is 5.32 Å². The fourth-order valence-corrected chi connectivity index (χ4v) is 3.32. The number of hydrogen-bond donors (Lipinski definition) is 2. The van der Waals surface area contributed by atoms with Gasteiger partial charge in [-0.25, -0.2) is 4.79 Å². The van der Waals surface area contributed by atoms with Crippen LogP contribution in [0.2, 0.25) is 0 Å². The summed E-state index contributed by atoms with van der Waals surface area (Å²) in [6, 6.07) is 7.61. The van der Waals surface area contributed by atoms with Crippen molar-refractivity contribution in [2.24, 2.45) is 0 Å². The van der Waals surface area contributed by atoms with Crippen molar-refractivity contribution in [3.63, 3.8) is 0 Å². The first kappa shape index (κ1) is 15.7. The zero-order chi connectivity index (χ0) is 16.2. The second-order valence-electron chi connectivity index (χ2n) is 6.24. The van der Waals surface area contributed by atoms with Gasteiger partial charge in [-0.1, -0.05) is 6.07 Å². The van der Waals surface area contributed by atoms with E-state index >= 15 is 0 Å². The molecule has 0 radical (unpaired) electrons. The molecular weight excluding hydrogens is 288 g/mol. The van der Waals surface area contributed by atoms with Crippen molar-refractivity contribution in [2.75, 3.05) is 6.54 Å². The average Bonchev–Trinajstić information content (AvgIpc) is 2.56. The first-order valence-corrected chi connectivity index (χ1v) is 8.11. The number of pyridine rings is 1. The van der Waals surface area contributed by atoms with E-state index in [1.54, 1.807) is 6.07 Å². The smallest absolute Gasteiger partial charge is 0.335 e. The van der Waals surface area contributed by atoms with Crippen LogP contribution in [0.3, 0.4) is 0 Å². The Morgan fingerprint density at radius 1 is 1.39 bits per heavy atom. The van der Waals surface area contributed by atoms with Gasteiger partial charge in [-0.2, -0.15) is 0 Å². The van der Waals surface area contributed by atoms with E-state index < -0.39 is 5.97 Å². The van der Waals surface area contributed by atoms with Crippen molar-refractivity contribution < 1.29 is 9.90 Å². The van der Waals surface area contributed by atoms with Gasteiger partial charge in [-0.05, 0) is 72.6 Å². The Hall–Kier alpha value is -2.20. The van der Waals surface area contributed by atoms with E-state index in [0.29, 0.717) is 11.5 Å². The molecule has 120 valence electrons. The normalized spacial score (nSPS) is 16.8. The summed E-state index contributed by atoms with van der Waals surface area (Å²) in [5.41, 5.74) is 5.34. The van der Waals surface area contributed by atoms with Crippen molar-refractivity contribution in [2.45, 2.75) is 38.6 Å². The van der Waals surface area contributed by atoms with Crippen molar-refractivity contribution >= 4 is 5.97 Å². The van der Waals surface area contributed by atoms with Crippen LogP contribution >= 0.6 is 0 Å². The molecule has 2 aromatic rings. The summed E-state index contributed by atoms with van der Waals surface area (Å²) in [6.07, 6.45) is 7.03. The summed E-state index contributed by atoms with van der Waals surface area (Å²) in [5.74, 6) is -0.460. The molecule has 3 rings (SSSR count). The molecule has 4 heteroatoms. The van der Waals surface area contributed by atoms with Crippen LogP contribution in [0.5, 0.6) is 0 Å². The molecule has 0 amide bonds. The summed E-state index contributed by atoms with van der Waals surface area (Å²) in [5, 5.41) is 12.7. The molecule has 2 N–H and O–H groups in total. The predicted octanol–water partition coefficient (Wildman–Crippen LogP) is 3.30. The molecule has 1 unspecified atom stereocenters. The maximum atomic E-state index is 11.2. The van der Waals surface area contributed by atoms with Gasteiger partial charge in [0.15, 0.2) is 0 Å². The lowest BCUT2D eigenvalue weighted by molar-refractivity contribution is 0.0696. The summed E-state index contributed by atoms with van der Waals surface area (Å²) < 4.78 is 0. The summed E-state index contributed by atoms with van der Waals surface area (Å²) >= 11 is 0. The Morgan fingerprint density at radius 2 is 2.26 bits per heavy atom. The minimum absolute atomic E-state index is 0.389. The number of aromatic nitrogens is 1. The van der Waals surface area contributed by atoms with Gasteiger partial charge in [0, 0.05) is 25.5 Å². The lowest BCUT2D eigenvalue weighted by Crippen LogP contribution is -2.24. The van der Waals surface area contributed by atoms with Crippen LogP contribution in [0.25, 0.3) is 0 Å². The Morgan fingerprint density at radius 3 is 3.04 bits per heavy atom. The molecule has 0 aliphatic heterocycles. The molecule has 23 heavy (non-hydrogen) atoms. The molecule has 0 spiro atoms. The van der Waals surface area contributed by atoms with E-state index in [1.165, 1.54) is 28.7 Å². The number of carboxylic acids is 1. The lowest BCUT2D eigenvalue weighted by atomic mass is 9.82. The molecule has 1 heterocycles. The number of benzene rings is 1. The predicted molar refractivity (Wildman–Crippen MR) is 89.8 cm³/mol. The highest BCUT2D eigenvalue weighted by molar-refractivity contribution is 5.88. The number of hydrogen-bond acceptors (Lipinski definition) is 3. The molecule has 1 aliphatic carbocycles. The highest BCUT2D eigenvalue weighted by Crippen LogP contribution is 2.32. The second-order valence-corrected chi connectivity index (χ2v) is 6.24. The Labute approximate surface area is 136 Å². The molecule has 0 bridgehead atoms. The third-order valence-electron chi connectivity index (χ3n) is 4.67. The Kier molecular flexibility index (Phi) is 4.72. The summed E-state index contributed by atoms with van der Waals surface area (Å²) in [7, 11) is 0. The maximum absolute atomic E-state index is 11.2. The minimum atomic E-state index is -0.850. The van der Waals surface area contributed by atoms with Crippen LogP contribution in [0.4, 0.5) is 0 Å². The fourth-order valence-electron chi connectivity index (χ4n) is 3.32. The molecule has 1 aromatic carbocycles. The number of aryl methyl sites for hydroxylation is 2. The van der Waals surface area contributed by atoms with Crippen LogP contribution in [-0.2, 0) is 13.0 Å². The number of carbonyl (C=O) groups is 1. The highest BCUT2D eigenvalue weighted by atomic mass is 16.4. The lowest BCUT2D eigenvalue weighted by Gasteiger charge is -2.26. The Bertz CT molecular complexity index is 712. The van der Waals surface area contributed by atoms with Crippen LogP contribution in [0.1, 0.15) is 51.4 Å². The largest absolute Gasteiger partial charge is 0.478 e. The zero-order valence-electron chi connectivity index (χ0n) is 13.4. The highest BCUT2D eigenvalue weighted by Gasteiger charge is 2.21. The number of nitrogens with zero attached hydrogens (tertiary/aromatic N) is 1. The standard InChI is InChI=1S/C19H22N2O2/c1-13-10-20-8-7-16(13)11-21-12-17-4-2-3-14-5-6-15(19(22)23)9-18(14)17/h5-10,17,21H,2-4,11-12H2,1H3,(H,22,23). The fraction of sp³-hybridized carbons (Fsp3) is 0.368. The van der Waals surface area contributed by atoms with Crippen molar-refractivity contribution in [3.8, 4) is 0 Å². The number of aromatic carboxylic acids is 1. The molecule has 0 saturated carbocycles. The number of nitrogens with one attached hydrogen (secondary N) is 1. The Balaban J connectivity index is 1.69. The third-order valence-corrected chi connectivity index (χ3v) is 4.67. The van der Waals surface area contributed by atoms with Gasteiger partial charge >= 0.3 is 5.97 Å². The topological polar surface area (TPSA) is 62.2 Å². The van der Waals surface area contributed by atoms with Gasteiger partial charge in [0.2, 0.25) is 0 Å². The molecular formula is C19H22N2O2. The third kappa shape index (κ3) is 3.59. The molecule has 1 atom stereocenters. The molecule has 0 saturated heterocycles. The van der Waals surface area contributed by atoms with Gasteiger partial charge in [0.1, 0.15) is 0 Å². The van der Waals surface area contributed by atoms with Gasteiger partial charge in [0.05, 0.1) is 5.56 Å². The first-order chi connectivity index (χ1) is 11.1. The van der Waals surface area contributed by atoms with Crippen LogP contribution in [-0.4, -0.2) is 22.6 Å². The van der Waals surface area contributed by atoms with Gasteiger partial charge in [-0.15, -0.1) is 0 Å². The molecule has 1 aliphatic rings. The van der Waals surface area contributed by atoms with E-state index in [0.717, 1.165) is 25.9 Å². The second kappa shape index (κ2) is 6.92. The zero-order valence-corrected chi connectivity index (χ0v) is 13.4. The van der Waals surface area contributed by atoms with Crippen molar-refractivity contribution in [1.29, 1.82) is 0 Å². The van der Waals surface area contributed by atoms with Crippen molar-refractivity contribution in [3.05, 3.63) is 64.5 Å². The van der Waals surface area contributed by atoms with Gasteiger partial charge in [0.25, 0.3) is 0 Å². The molecule has 1 aromatic heterocycles. The van der Waals surface area contributed by atoms with E-state index in [2.05, 4.69) is 17.2 Å². The number of rotatable bonds is 5. The van der Waals surface area contributed by atoms with Gasteiger partial charge < -0.3 is 10.4 Å². The maximum Gasteiger partial charge on any atom is 0.335 e. The summed E-state index contributed by atoms with van der Waals surface area (Å²) in [4.78, 5) is 15.3. The van der Waals surface area contributed by atoms with E-state index in [4.69, 9.17) is 0 Å². The van der Waals surface area contributed by atoms with E-state index in [9.17, 15) is 9.90 Å². The molecule has 4 nitrogen and oxygen atoms in total. The first-order valence-electron chi connectivity index (χ1n) is 8.11. The van der Waals surface area contributed by atoms with Crippen molar-refractivity contribution in [1.82, 2.24) is 10.3 Å². The van der Waals surface area contributed by atoms with E-state index in [1.807, 2.05) is 30.6 Å². The van der Waals surface area contributed by atoms with Crippen LogP contribution in [0.15, 0.2) is 36.7 Å². The van der Waals surface area contributed by atoms with Crippen LogP contribution in [0, 0.1) is 6.92 Å². The summed E-state index contributed by atoms with van der Waals surface area (Å²) in [6.45, 7) is 3.76. The number of fused-ring (bicyclic) bond motifs is 1. The molecule has 0 fully saturated rings. The SMILES string of the molecule is Cc1cnccc1CNCC1CCCc2ccc(C(=O)O)cc21. The number of carboxylic acid groups (broad SMARTS) is 1. The monoisotopic (exact) mass is 310 g/mol. The van der Waals surface area contributed by atoms with E-state index in [-0.39, 0.29) is 0 Å². The van der Waals surface area contributed by atoms with Gasteiger partial charge in [-0.3, -0.25) is 4.98 Å². The minimum Gasteiger partial charge on any atom is -0.478 e. The average molecular weight is 310 g/mol.